The van der Waals surface area contributed by atoms with E-state index in [2.05, 4.69) is 19.9 Å². The van der Waals surface area contributed by atoms with E-state index >= 15 is 0 Å². The zero-order chi connectivity index (χ0) is 21.8. The van der Waals surface area contributed by atoms with Crippen molar-refractivity contribution in [2.24, 2.45) is 0 Å². The second-order valence-corrected chi connectivity index (χ2v) is 7.54. The van der Waals surface area contributed by atoms with Gasteiger partial charge in [0.05, 0.1) is 5.69 Å². The Morgan fingerprint density at radius 1 is 1.13 bits per heavy atom. The number of halogens is 1. The second kappa shape index (κ2) is 8.97. The van der Waals surface area contributed by atoms with Gasteiger partial charge in [-0.3, -0.25) is 9.78 Å². The molecule has 31 heavy (non-hydrogen) atoms. The van der Waals surface area contributed by atoms with Gasteiger partial charge in [-0.2, -0.15) is 0 Å². The maximum atomic E-state index is 12.9. The molecule has 0 fully saturated rings. The molecule has 0 saturated carbocycles. The molecule has 3 N–H and O–H groups in total. The van der Waals surface area contributed by atoms with Gasteiger partial charge in [0.1, 0.15) is 5.69 Å². The van der Waals surface area contributed by atoms with Crippen LogP contribution in [0.15, 0.2) is 67.1 Å². The van der Waals surface area contributed by atoms with Gasteiger partial charge >= 0.3 is 0 Å². The van der Waals surface area contributed by atoms with Gasteiger partial charge in [0.2, 0.25) is 5.95 Å². The predicted octanol–water partition coefficient (Wildman–Crippen LogP) is 4.08. The molecule has 0 aliphatic heterocycles. The molecule has 4 rings (SSSR count). The fourth-order valence-corrected chi connectivity index (χ4v) is 3.46. The highest BCUT2D eigenvalue weighted by Crippen LogP contribution is 2.32. The lowest BCUT2D eigenvalue weighted by Crippen LogP contribution is -2.29. The number of rotatable bonds is 6. The smallest absolute Gasteiger partial charge is 0.270 e. The van der Waals surface area contributed by atoms with Crippen LogP contribution in [0.5, 0.6) is 0 Å². The largest absolute Gasteiger partial charge is 0.368 e. The summed E-state index contributed by atoms with van der Waals surface area (Å²) in [6.07, 6.45) is 5.84. The van der Waals surface area contributed by atoms with E-state index in [-0.39, 0.29) is 11.9 Å². The van der Waals surface area contributed by atoms with E-state index in [0.29, 0.717) is 29.4 Å². The lowest BCUT2D eigenvalue weighted by Gasteiger charge is -2.15. The lowest BCUT2D eigenvalue weighted by atomic mass is 10.0. The average molecular weight is 433 g/mol. The molecule has 0 radical (unpaired) electrons. The zero-order valence-corrected chi connectivity index (χ0v) is 17.7. The number of pyridine rings is 1. The van der Waals surface area contributed by atoms with Crippen LogP contribution in [0.1, 0.15) is 16.2 Å². The highest BCUT2D eigenvalue weighted by atomic mass is 35.5. The first kappa shape index (κ1) is 20.6. The minimum Gasteiger partial charge on any atom is -0.368 e. The van der Waals surface area contributed by atoms with Crippen molar-refractivity contribution in [3.05, 3.63) is 83.5 Å². The van der Waals surface area contributed by atoms with Crippen molar-refractivity contribution in [1.29, 1.82) is 0 Å². The third-order valence-corrected chi connectivity index (χ3v) is 5.14. The number of aromatic nitrogens is 4. The van der Waals surface area contributed by atoms with Crippen molar-refractivity contribution in [2.45, 2.75) is 6.42 Å². The third kappa shape index (κ3) is 4.73. The first-order chi connectivity index (χ1) is 15.0. The fourth-order valence-electron chi connectivity index (χ4n) is 3.27. The number of carbonyl (C=O) groups is 1. The van der Waals surface area contributed by atoms with Gasteiger partial charge in [0.15, 0.2) is 0 Å². The van der Waals surface area contributed by atoms with Crippen LogP contribution in [0.25, 0.3) is 22.4 Å². The summed E-state index contributed by atoms with van der Waals surface area (Å²) in [5, 5.41) is 0.611. The zero-order valence-electron chi connectivity index (χ0n) is 16.9. The van der Waals surface area contributed by atoms with Crippen molar-refractivity contribution in [3.63, 3.8) is 0 Å². The number of likely N-dealkylation sites (N-methyl/N-ethyl adjacent to an activating group) is 1. The first-order valence-corrected chi connectivity index (χ1v) is 10.1. The minimum atomic E-state index is -0.117. The summed E-state index contributed by atoms with van der Waals surface area (Å²) in [7, 11) is 1.77. The van der Waals surface area contributed by atoms with E-state index in [1.807, 2.05) is 36.4 Å². The molecule has 0 spiro atoms. The Kier molecular flexibility index (Phi) is 5.95. The number of amides is 1. The van der Waals surface area contributed by atoms with Crippen LogP contribution in [0, 0.1) is 0 Å². The molecule has 4 aromatic rings. The van der Waals surface area contributed by atoms with Crippen LogP contribution < -0.4 is 5.73 Å². The molecule has 0 unspecified atom stereocenters. The molecule has 0 atom stereocenters. The Hall–Kier alpha value is -3.71. The van der Waals surface area contributed by atoms with Crippen molar-refractivity contribution in [1.82, 2.24) is 24.8 Å². The van der Waals surface area contributed by atoms with E-state index in [1.165, 1.54) is 0 Å². The van der Waals surface area contributed by atoms with Crippen LogP contribution in [0.4, 0.5) is 5.95 Å². The van der Waals surface area contributed by atoms with Crippen LogP contribution >= 0.6 is 11.6 Å². The topological polar surface area (TPSA) is 101 Å². The highest BCUT2D eigenvalue weighted by molar-refractivity contribution is 6.30. The van der Waals surface area contributed by atoms with E-state index < -0.39 is 0 Å². The van der Waals surface area contributed by atoms with Crippen molar-refractivity contribution in [2.75, 3.05) is 19.3 Å². The van der Waals surface area contributed by atoms with Gasteiger partial charge in [-0.25, -0.2) is 9.97 Å². The quantitative estimate of drug-likeness (QED) is 0.478. The summed E-state index contributed by atoms with van der Waals surface area (Å²) in [6.45, 7) is 0.554. The summed E-state index contributed by atoms with van der Waals surface area (Å²) >= 11 is 6.15. The number of aromatic amines is 1. The van der Waals surface area contributed by atoms with Gasteiger partial charge in [0.25, 0.3) is 5.91 Å². The molecular weight excluding hydrogens is 412 g/mol. The number of nitrogen functional groups attached to an aromatic ring is 1. The third-order valence-electron chi connectivity index (χ3n) is 4.91. The summed E-state index contributed by atoms with van der Waals surface area (Å²) in [5.41, 5.74) is 10.3. The van der Waals surface area contributed by atoms with Gasteiger partial charge in [-0.15, -0.1) is 0 Å². The molecule has 0 aliphatic carbocycles. The Bertz CT molecular complexity index is 1210. The van der Waals surface area contributed by atoms with E-state index in [9.17, 15) is 4.79 Å². The molecule has 8 heteroatoms. The molecule has 3 heterocycles. The Labute approximate surface area is 184 Å². The first-order valence-electron chi connectivity index (χ1n) is 9.74. The van der Waals surface area contributed by atoms with Gasteiger partial charge in [-0.05, 0) is 35.9 Å². The van der Waals surface area contributed by atoms with Crippen LogP contribution in [0.3, 0.4) is 0 Å². The Balaban J connectivity index is 1.57. The van der Waals surface area contributed by atoms with E-state index in [0.717, 1.165) is 22.4 Å². The second-order valence-electron chi connectivity index (χ2n) is 7.10. The number of benzene rings is 1. The SMILES string of the molecule is CN(CCc1ccccn1)C(=O)c1cc(-c2nc(N)ncc2-c2cccc(Cl)c2)c[nH]1. The summed E-state index contributed by atoms with van der Waals surface area (Å²) in [4.78, 5) is 30.4. The molecule has 0 bridgehead atoms. The number of anilines is 1. The normalized spacial score (nSPS) is 10.8. The fraction of sp³-hybridized carbons (Fsp3) is 0.130. The Morgan fingerprint density at radius 3 is 2.77 bits per heavy atom. The average Bonchev–Trinajstić information content (AvgIpc) is 3.28. The molecule has 3 aromatic heterocycles. The molecular formula is C23H21ClN6O. The number of nitrogens with two attached hydrogens (primary N) is 1. The van der Waals surface area contributed by atoms with Crippen LogP contribution in [-0.4, -0.2) is 44.3 Å². The maximum absolute atomic E-state index is 12.9. The lowest BCUT2D eigenvalue weighted by molar-refractivity contribution is 0.0791. The molecule has 0 saturated heterocycles. The molecule has 0 aliphatic rings. The summed E-state index contributed by atoms with van der Waals surface area (Å²) in [5.74, 6) is 0.0378. The van der Waals surface area contributed by atoms with Crippen molar-refractivity contribution in [3.8, 4) is 22.4 Å². The molecule has 156 valence electrons. The van der Waals surface area contributed by atoms with Gasteiger partial charge in [0, 0.05) is 60.4 Å². The number of carbonyl (C=O) groups excluding carboxylic acids is 1. The number of H-pyrrole nitrogens is 1. The number of nitrogens with zero attached hydrogens (tertiary/aromatic N) is 4. The molecule has 1 amide bonds. The van der Waals surface area contributed by atoms with Gasteiger partial charge in [-0.1, -0.05) is 29.8 Å². The number of hydrogen-bond donors (Lipinski definition) is 2. The van der Waals surface area contributed by atoms with E-state index in [4.69, 9.17) is 17.3 Å². The summed E-state index contributed by atoms with van der Waals surface area (Å²) in [6, 6.07) is 15.0. The minimum absolute atomic E-state index is 0.117. The maximum Gasteiger partial charge on any atom is 0.270 e. The van der Waals surface area contributed by atoms with Gasteiger partial charge < -0.3 is 15.6 Å². The van der Waals surface area contributed by atoms with Crippen LogP contribution in [0.2, 0.25) is 5.02 Å². The Morgan fingerprint density at radius 2 is 2.00 bits per heavy atom. The monoisotopic (exact) mass is 432 g/mol. The predicted molar refractivity (Wildman–Crippen MR) is 122 cm³/mol. The number of hydrogen-bond acceptors (Lipinski definition) is 5. The van der Waals surface area contributed by atoms with Crippen molar-refractivity contribution < 1.29 is 4.79 Å². The molecule has 7 nitrogen and oxygen atoms in total. The molecule has 1 aromatic carbocycles. The number of nitrogens with one attached hydrogen (secondary N) is 1. The summed E-state index contributed by atoms with van der Waals surface area (Å²) < 4.78 is 0. The van der Waals surface area contributed by atoms with E-state index in [1.54, 1.807) is 42.7 Å². The standard InChI is InChI=1S/C23H21ClN6O/c1-30(10-8-18-7-2-3-9-26-18)22(31)20-12-16(13-27-20)21-19(14-28-23(25)29-21)15-5-4-6-17(24)11-15/h2-7,9,11-14,27H,8,10H2,1H3,(H2,25,28,29). The highest BCUT2D eigenvalue weighted by Gasteiger charge is 2.18. The van der Waals surface area contributed by atoms with Crippen LogP contribution in [-0.2, 0) is 6.42 Å². The van der Waals surface area contributed by atoms with Crippen molar-refractivity contribution >= 4 is 23.5 Å².